The van der Waals surface area contributed by atoms with E-state index in [4.69, 9.17) is 0 Å². The van der Waals surface area contributed by atoms with Crippen LogP contribution in [0.25, 0.3) is 11.1 Å². The molecule has 1 aliphatic rings. The summed E-state index contributed by atoms with van der Waals surface area (Å²) in [5, 5.41) is 0.205. The molecule has 0 aromatic heterocycles. The first-order valence-electron chi connectivity index (χ1n) is 8.78. The van der Waals surface area contributed by atoms with Crippen LogP contribution in [0.15, 0.2) is 48.5 Å². The minimum atomic E-state index is 0.205. The molecule has 112 valence electrons. The molecule has 2 aromatic carbocycles. The molecule has 1 aliphatic carbocycles. The summed E-state index contributed by atoms with van der Waals surface area (Å²) in [6.45, 7) is 9.45. The summed E-state index contributed by atoms with van der Waals surface area (Å²) < 4.78 is 0. The van der Waals surface area contributed by atoms with E-state index in [1.807, 2.05) is 0 Å². The molecule has 1 unspecified atom stereocenters. The molecule has 2 aromatic rings. The van der Waals surface area contributed by atoms with E-state index in [1.54, 1.807) is 11.1 Å². The van der Waals surface area contributed by atoms with E-state index in [2.05, 4.69) is 76.2 Å². The highest BCUT2D eigenvalue weighted by molar-refractivity contribution is 6.66. The van der Waals surface area contributed by atoms with Crippen LogP contribution < -0.4 is 0 Å². The second-order valence-corrected chi connectivity index (χ2v) is 7.49. The van der Waals surface area contributed by atoms with E-state index in [0.29, 0.717) is 5.82 Å². The average molecular weight is 288 g/mol. The predicted octanol–water partition coefficient (Wildman–Crippen LogP) is 4.79. The number of hydrogen-bond donors (Lipinski definition) is 0. The van der Waals surface area contributed by atoms with Gasteiger partial charge >= 0.3 is 0 Å². The lowest BCUT2D eigenvalue weighted by molar-refractivity contribution is 0.834. The van der Waals surface area contributed by atoms with Gasteiger partial charge in [0.05, 0.1) is 0 Å². The molecule has 0 spiro atoms. The van der Waals surface area contributed by atoms with Gasteiger partial charge in [-0.3, -0.25) is 0 Å². The minimum Gasteiger partial charge on any atom is -0.0707 e. The Balaban J connectivity index is 2.23. The third-order valence-electron chi connectivity index (χ3n) is 5.33. The van der Waals surface area contributed by atoms with E-state index in [-0.39, 0.29) is 5.21 Å². The standard InChI is InChI=1S/C20H26B2/c1-5-15(4)22-20(21-14(2)3)18-12-8-6-10-16(18)17-11-7-9-13-19(17)20/h6-15,21-22H,5H2,1-4H3. The van der Waals surface area contributed by atoms with E-state index in [0.717, 1.165) is 5.82 Å². The maximum Gasteiger partial charge on any atom is 0.132 e. The Labute approximate surface area is 136 Å². The van der Waals surface area contributed by atoms with Gasteiger partial charge in [0.25, 0.3) is 0 Å². The third kappa shape index (κ3) is 2.43. The quantitative estimate of drug-likeness (QED) is 0.694. The fraction of sp³-hybridized carbons (Fsp3) is 0.400. The van der Waals surface area contributed by atoms with Crippen LogP contribution in [0.1, 0.15) is 45.2 Å². The average Bonchev–Trinajstić information content (AvgIpc) is 2.78. The lowest BCUT2D eigenvalue weighted by atomic mass is 9.25. The topological polar surface area (TPSA) is 0 Å². The predicted molar refractivity (Wildman–Crippen MR) is 102 cm³/mol. The second-order valence-electron chi connectivity index (χ2n) is 7.49. The van der Waals surface area contributed by atoms with Crippen molar-refractivity contribution in [2.24, 2.45) is 0 Å². The Morgan fingerprint density at radius 3 is 1.77 bits per heavy atom. The van der Waals surface area contributed by atoms with Gasteiger partial charge in [0.1, 0.15) is 14.6 Å². The highest BCUT2D eigenvalue weighted by atomic mass is 14.3. The van der Waals surface area contributed by atoms with Crippen molar-refractivity contribution in [2.45, 2.75) is 51.0 Å². The van der Waals surface area contributed by atoms with Gasteiger partial charge in [-0.25, -0.2) is 0 Å². The van der Waals surface area contributed by atoms with Crippen molar-refractivity contribution in [1.82, 2.24) is 0 Å². The summed E-state index contributed by atoms with van der Waals surface area (Å²) in [5.74, 6) is 1.45. The molecule has 0 N–H and O–H groups in total. The Morgan fingerprint density at radius 2 is 1.32 bits per heavy atom. The zero-order chi connectivity index (χ0) is 15.7. The lowest BCUT2D eigenvalue weighted by Crippen LogP contribution is -2.41. The molecule has 0 fully saturated rings. The molecule has 0 aliphatic heterocycles. The zero-order valence-corrected chi connectivity index (χ0v) is 14.4. The molecule has 2 heteroatoms. The monoisotopic (exact) mass is 288 g/mol. The van der Waals surface area contributed by atoms with Crippen LogP contribution in [0.4, 0.5) is 0 Å². The molecule has 0 bridgehead atoms. The van der Waals surface area contributed by atoms with Crippen molar-refractivity contribution in [2.75, 3.05) is 0 Å². The van der Waals surface area contributed by atoms with E-state index < -0.39 is 0 Å². The van der Waals surface area contributed by atoms with Crippen molar-refractivity contribution >= 4 is 14.6 Å². The van der Waals surface area contributed by atoms with Gasteiger partial charge in [-0.05, 0) is 27.5 Å². The second kappa shape index (κ2) is 5.99. The maximum atomic E-state index is 2.41. The van der Waals surface area contributed by atoms with Gasteiger partial charge in [-0.15, -0.1) is 0 Å². The van der Waals surface area contributed by atoms with Crippen LogP contribution in [0.3, 0.4) is 0 Å². The van der Waals surface area contributed by atoms with Crippen molar-refractivity contribution in [3.8, 4) is 11.1 Å². The van der Waals surface area contributed by atoms with Gasteiger partial charge in [-0.2, -0.15) is 0 Å². The maximum absolute atomic E-state index is 2.41. The summed E-state index contributed by atoms with van der Waals surface area (Å²) in [7, 11) is 2.50. The van der Waals surface area contributed by atoms with Crippen LogP contribution in [0, 0.1) is 0 Å². The molecule has 0 saturated heterocycles. The Bertz CT molecular complexity index is 615. The van der Waals surface area contributed by atoms with Crippen LogP contribution >= 0.6 is 0 Å². The summed E-state index contributed by atoms with van der Waals surface area (Å²) in [4.78, 5) is 0. The smallest absolute Gasteiger partial charge is 0.0707 e. The molecule has 1 atom stereocenters. The number of fused-ring (bicyclic) bond motifs is 3. The van der Waals surface area contributed by atoms with Crippen LogP contribution in [0.2, 0.25) is 11.6 Å². The summed E-state index contributed by atoms with van der Waals surface area (Å²) in [5.41, 5.74) is 6.04. The lowest BCUT2D eigenvalue weighted by Gasteiger charge is -2.34. The summed E-state index contributed by atoms with van der Waals surface area (Å²) >= 11 is 0. The Kier molecular flexibility index (Phi) is 4.21. The third-order valence-corrected chi connectivity index (χ3v) is 5.33. The molecule has 0 amide bonds. The van der Waals surface area contributed by atoms with E-state index in [9.17, 15) is 0 Å². The van der Waals surface area contributed by atoms with Crippen molar-refractivity contribution in [1.29, 1.82) is 0 Å². The largest absolute Gasteiger partial charge is 0.132 e. The highest BCUT2D eigenvalue weighted by Crippen LogP contribution is 2.50. The first-order valence-corrected chi connectivity index (χ1v) is 8.78. The van der Waals surface area contributed by atoms with Crippen molar-refractivity contribution in [3.63, 3.8) is 0 Å². The van der Waals surface area contributed by atoms with Gasteiger partial charge in [0, 0.05) is 0 Å². The molecule has 0 nitrogen and oxygen atoms in total. The van der Waals surface area contributed by atoms with Gasteiger partial charge in [0.15, 0.2) is 0 Å². The molecular weight excluding hydrogens is 262 g/mol. The van der Waals surface area contributed by atoms with Crippen molar-refractivity contribution in [3.05, 3.63) is 59.7 Å². The fourth-order valence-corrected chi connectivity index (χ4v) is 4.37. The summed E-state index contributed by atoms with van der Waals surface area (Å²) in [6, 6.07) is 18.2. The van der Waals surface area contributed by atoms with Crippen LogP contribution in [-0.2, 0) is 5.21 Å². The fourth-order valence-electron chi connectivity index (χ4n) is 4.37. The molecule has 3 rings (SSSR count). The molecular formula is C20H26B2. The van der Waals surface area contributed by atoms with Gasteiger partial charge < -0.3 is 0 Å². The number of benzene rings is 2. The van der Waals surface area contributed by atoms with Crippen LogP contribution in [0.5, 0.6) is 0 Å². The Hall–Kier alpha value is -1.43. The number of rotatable bonds is 5. The molecule has 22 heavy (non-hydrogen) atoms. The van der Waals surface area contributed by atoms with Gasteiger partial charge in [-0.1, -0.05) is 94.3 Å². The van der Waals surface area contributed by atoms with E-state index >= 15 is 0 Å². The first kappa shape index (κ1) is 15.5. The Morgan fingerprint density at radius 1 is 0.818 bits per heavy atom. The normalized spacial score (nSPS) is 16.0. The first-order chi connectivity index (χ1) is 10.6. The molecule has 0 radical (unpaired) electrons. The molecule has 0 heterocycles. The SMILES string of the molecule is CCC(C)BC1(BC(C)C)c2ccccc2-c2ccccc21. The van der Waals surface area contributed by atoms with Gasteiger partial charge in [0.2, 0.25) is 0 Å². The van der Waals surface area contributed by atoms with Crippen molar-refractivity contribution < 1.29 is 0 Å². The minimum absolute atomic E-state index is 0.205. The number of hydrogen-bond acceptors (Lipinski definition) is 0. The zero-order valence-electron chi connectivity index (χ0n) is 14.4. The molecule has 0 saturated carbocycles. The highest BCUT2D eigenvalue weighted by Gasteiger charge is 2.44. The van der Waals surface area contributed by atoms with E-state index in [1.165, 1.54) is 32.1 Å². The summed E-state index contributed by atoms with van der Waals surface area (Å²) in [6.07, 6.45) is 1.25. The van der Waals surface area contributed by atoms with Crippen LogP contribution in [-0.4, -0.2) is 14.6 Å².